The van der Waals surface area contributed by atoms with E-state index in [2.05, 4.69) is 9.97 Å². The molecule has 0 N–H and O–H groups in total. The number of benzene rings is 2. The predicted molar refractivity (Wildman–Crippen MR) is 142 cm³/mol. The van der Waals surface area contributed by atoms with Gasteiger partial charge in [-0.3, -0.25) is 19.7 Å². The predicted octanol–water partition coefficient (Wildman–Crippen LogP) is 3.83. The van der Waals surface area contributed by atoms with E-state index >= 15 is 0 Å². The maximum atomic E-state index is 13.8. The lowest BCUT2D eigenvalue weighted by atomic mass is 10.1. The monoisotopic (exact) mass is 531 g/mol. The van der Waals surface area contributed by atoms with Crippen molar-refractivity contribution in [3.63, 3.8) is 0 Å². The molecule has 1 aliphatic rings. The number of hydrogen-bond acceptors (Lipinski definition) is 8. The zero-order valence-corrected chi connectivity index (χ0v) is 22.2. The van der Waals surface area contributed by atoms with E-state index in [-0.39, 0.29) is 54.7 Å². The summed E-state index contributed by atoms with van der Waals surface area (Å²) in [6.07, 6.45) is 0. The molecule has 11 heteroatoms. The summed E-state index contributed by atoms with van der Waals surface area (Å²) in [4.78, 5) is 62.7. The van der Waals surface area contributed by atoms with Crippen LogP contribution in [-0.4, -0.2) is 74.8 Å². The second-order valence-corrected chi connectivity index (χ2v) is 9.30. The van der Waals surface area contributed by atoms with Crippen molar-refractivity contribution in [2.75, 3.05) is 26.2 Å². The van der Waals surface area contributed by atoms with Gasteiger partial charge in [0.25, 0.3) is 17.5 Å². The highest BCUT2D eigenvalue weighted by Crippen LogP contribution is 2.24. The molecule has 202 valence electrons. The molecular formula is C28H29N5O6. The van der Waals surface area contributed by atoms with Crippen molar-refractivity contribution >= 4 is 23.5 Å². The molecular weight excluding hydrogens is 502 g/mol. The van der Waals surface area contributed by atoms with Gasteiger partial charge < -0.3 is 14.5 Å². The van der Waals surface area contributed by atoms with E-state index in [1.165, 1.54) is 6.07 Å². The first-order valence-electron chi connectivity index (χ1n) is 12.6. The van der Waals surface area contributed by atoms with Crippen molar-refractivity contribution in [1.29, 1.82) is 0 Å². The van der Waals surface area contributed by atoms with Gasteiger partial charge in [0, 0.05) is 48.4 Å². The van der Waals surface area contributed by atoms with Crippen LogP contribution in [0, 0.1) is 24.0 Å². The van der Waals surface area contributed by atoms with E-state index in [0.717, 1.165) is 0 Å². The fraction of sp³-hybridized carbons (Fsp3) is 0.321. The normalized spacial score (nSPS) is 15.1. The lowest BCUT2D eigenvalue weighted by Gasteiger charge is -2.40. The molecule has 1 saturated heterocycles. The number of amides is 2. The molecule has 0 bridgehead atoms. The Labute approximate surface area is 225 Å². The molecule has 1 aliphatic heterocycles. The number of carbonyl (C=O) groups is 3. The van der Waals surface area contributed by atoms with Crippen LogP contribution in [0.25, 0.3) is 11.4 Å². The zero-order valence-electron chi connectivity index (χ0n) is 22.2. The number of nitrogens with zero attached hydrogens (tertiary/aromatic N) is 5. The average molecular weight is 532 g/mol. The summed E-state index contributed by atoms with van der Waals surface area (Å²) in [5.74, 6) is -1.19. The van der Waals surface area contributed by atoms with Gasteiger partial charge in [0.1, 0.15) is 11.3 Å². The van der Waals surface area contributed by atoms with Gasteiger partial charge in [-0.1, -0.05) is 36.4 Å². The largest absolute Gasteiger partial charge is 0.462 e. The Balaban J connectivity index is 1.61. The Morgan fingerprint density at radius 3 is 2.41 bits per heavy atom. The van der Waals surface area contributed by atoms with Gasteiger partial charge in [0.15, 0.2) is 5.82 Å². The molecule has 0 radical (unpaired) electrons. The van der Waals surface area contributed by atoms with Crippen LogP contribution in [0.1, 0.15) is 56.3 Å². The second kappa shape index (κ2) is 11.4. The fourth-order valence-electron chi connectivity index (χ4n) is 4.59. The third kappa shape index (κ3) is 5.62. The van der Waals surface area contributed by atoms with Gasteiger partial charge in [-0.25, -0.2) is 14.8 Å². The molecule has 0 spiro atoms. The summed E-state index contributed by atoms with van der Waals surface area (Å²) in [6.45, 7) is 7.43. The molecule has 1 atom stereocenters. The molecule has 3 aromatic rings. The van der Waals surface area contributed by atoms with Crippen LogP contribution < -0.4 is 0 Å². The molecule has 4 rings (SSSR count). The summed E-state index contributed by atoms with van der Waals surface area (Å²) in [5, 5.41) is 11.3. The summed E-state index contributed by atoms with van der Waals surface area (Å²) in [6, 6.07) is 13.1. The highest BCUT2D eigenvalue weighted by Gasteiger charge is 2.34. The number of nitro groups is 1. The first kappa shape index (κ1) is 27.4. The summed E-state index contributed by atoms with van der Waals surface area (Å²) in [7, 11) is 0. The van der Waals surface area contributed by atoms with Gasteiger partial charge in [-0.2, -0.15) is 0 Å². The number of esters is 1. The van der Waals surface area contributed by atoms with Crippen molar-refractivity contribution in [2.45, 2.75) is 33.7 Å². The number of rotatable bonds is 6. The molecule has 11 nitrogen and oxygen atoms in total. The maximum absolute atomic E-state index is 13.8. The molecule has 2 heterocycles. The van der Waals surface area contributed by atoms with Crippen molar-refractivity contribution in [1.82, 2.24) is 19.8 Å². The van der Waals surface area contributed by atoms with E-state index in [9.17, 15) is 24.5 Å². The highest BCUT2D eigenvalue weighted by atomic mass is 16.6. The third-order valence-corrected chi connectivity index (χ3v) is 6.63. The first-order valence-corrected chi connectivity index (χ1v) is 12.6. The fourth-order valence-corrected chi connectivity index (χ4v) is 4.59. The van der Waals surface area contributed by atoms with E-state index in [4.69, 9.17) is 4.74 Å². The maximum Gasteiger partial charge on any atom is 0.342 e. The molecule has 1 fully saturated rings. The first-order chi connectivity index (χ1) is 18.6. The van der Waals surface area contributed by atoms with Crippen LogP contribution in [0.3, 0.4) is 0 Å². The Morgan fingerprint density at radius 2 is 1.77 bits per heavy atom. The molecule has 2 aromatic carbocycles. The lowest BCUT2D eigenvalue weighted by Crippen LogP contribution is -2.55. The number of carbonyl (C=O) groups excluding carboxylic acids is 3. The van der Waals surface area contributed by atoms with Gasteiger partial charge in [-0.05, 0) is 33.8 Å². The summed E-state index contributed by atoms with van der Waals surface area (Å²) >= 11 is 0. The Kier molecular flexibility index (Phi) is 7.99. The van der Waals surface area contributed by atoms with Crippen LogP contribution >= 0.6 is 0 Å². The smallest absolute Gasteiger partial charge is 0.342 e. The van der Waals surface area contributed by atoms with Crippen molar-refractivity contribution in [3.05, 3.63) is 86.7 Å². The lowest BCUT2D eigenvalue weighted by molar-refractivity contribution is -0.385. The topological polar surface area (TPSA) is 136 Å². The zero-order chi connectivity index (χ0) is 28.3. The number of hydrogen-bond donors (Lipinski definition) is 0. The molecule has 0 saturated carbocycles. The van der Waals surface area contributed by atoms with Gasteiger partial charge >= 0.3 is 5.97 Å². The standard InChI is InChI=1S/C28H29N5O6/c1-5-39-28(36)23-19(4)29-25(20-9-7-6-8-10-20)30-24(23)27(35)31-13-14-32(18(3)16-31)26(34)21-12-11-17(2)22(15-21)33(37)38/h6-12,15,18H,5,13-14,16H2,1-4H3. The Bertz CT molecular complexity index is 1440. The van der Waals surface area contributed by atoms with Gasteiger partial charge in [0.05, 0.1) is 17.2 Å². The average Bonchev–Trinajstić information content (AvgIpc) is 2.92. The van der Waals surface area contributed by atoms with Gasteiger partial charge in [-0.15, -0.1) is 0 Å². The van der Waals surface area contributed by atoms with Crippen LogP contribution in [0.4, 0.5) is 5.69 Å². The molecule has 2 amide bonds. The molecule has 0 aliphatic carbocycles. The summed E-state index contributed by atoms with van der Waals surface area (Å²) < 4.78 is 5.20. The molecule has 1 unspecified atom stereocenters. The van der Waals surface area contributed by atoms with Crippen LogP contribution in [-0.2, 0) is 4.74 Å². The number of aryl methyl sites for hydroxylation is 2. The van der Waals surface area contributed by atoms with Crippen molar-refractivity contribution < 1.29 is 24.0 Å². The van der Waals surface area contributed by atoms with Crippen molar-refractivity contribution in [3.8, 4) is 11.4 Å². The van der Waals surface area contributed by atoms with Crippen molar-refractivity contribution in [2.24, 2.45) is 0 Å². The van der Waals surface area contributed by atoms with E-state index in [0.29, 0.717) is 22.6 Å². The number of piperazine rings is 1. The molecule has 1 aromatic heterocycles. The van der Waals surface area contributed by atoms with Gasteiger partial charge in [0.2, 0.25) is 0 Å². The van der Waals surface area contributed by atoms with Crippen LogP contribution in [0.5, 0.6) is 0 Å². The minimum Gasteiger partial charge on any atom is -0.462 e. The van der Waals surface area contributed by atoms with Crippen LogP contribution in [0.15, 0.2) is 48.5 Å². The quantitative estimate of drug-likeness (QED) is 0.266. The minimum atomic E-state index is -0.680. The Hall–Kier alpha value is -4.67. The SMILES string of the molecule is CCOC(=O)c1c(C)nc(-c2ccccc2)nc1C(=O)N1CCN(C(=O)c2ccc(C)c([N+](=O)[O-])c2)C(C)C1. The number of ether oxygens (including phenoxy) is 1. The Morgan fingerprint density at radius 1 is 1.05 bits per heavy atom. The second-order valence-electron chi connectivity index (χ2n) is 9.30. The number of nitro benzene ring substituents is 1. The summed E-state index contributed by atoms with van der Waals surface area (Å²) in [5.41, 5.74) is 1.53. The van der Waals surface area contributed by atoms with Crippen LogP contribution in [0.2, 0.25) is 0 Å². The van der Waals surface area contributed by atoms with E-state index < -0.39 is 22.8 Å². The van der Waals surface area contributed by atoms with E-state index in [1.807, 2.05) is 30.3 Å². The van der Waals surface area contributed by atoms with E-state index in [1.54, 1.807) is 49.6 Å². The molecule has 39 heavy (non-hydrogen) atoms. The third-order valence-electron chi connectivity index (χ3n) is 6.63. The highest BCUT2D eigenvalue weighted by molar-refractivity contribution is 6.05. The minimum absolute atomic E-state index is 0.0136. The number of aromatic nitrogens is 2.